The molecule has 3 rings (SSSR count). The van der Waals surface area contributed by atoms with Crippen molar-refractivity contribution in [1.82, 2.24) is 5.32 Å². The predicted molar refractivity (Wildman–Crippen MR) is 99.2 cm³/mol. The first-order chi connectivity index (χ1) is 11.1. The van der Waals surface area contributed by atoms with Gasteiger partial charge in [0, 0.05) is 10.0 Å². The van der Waals surface area contributed by atoms with Gasteiger partial charge in [0.25, 0.3) is 0 Å². The minimum absolute atomic E-state index is 0.124. The number of hydrogen-bond donors (Lipinski definition) is 1. The van der Waals surface area contributed by atoms with Gasteiger partial charge >= 0.3 is 0 Å². The SMILES string of the molecule is CCCC1(c2ccccc2Cl)NC1(CCC)c1ccccc1Cl. The standard InChI is InChI=1S/C20H23Cl2N/c1-3-13-19(15-9-5-7-11-17(15)21)20(23-19,14-4-2)16-10-6-8-12-18(16)22/h5-12,23H,3-4,13-14H2,1-2H3. The number of rotatable bonds is 6. The molecule has 0 aromatic heterocycles. The molecule has 2 aromatic carbocycles. The maximum absolute atomic E-state index is 6.57. The lowest BCUT2D eigenvalue weighted by molar-refractivity contribution is 0.465. The molecule has 2 unspecified atom stereocenters. The summed E-state index contributed by atoms with van der Waals surface area (Å²) < 4.78 is 0. The van der Waals surface area contributed by atoms with Gasteiger partial charge in [-0.2, -0.15) is 0 Å². The van der Waals surface area contributed by atoms with Gasteiger partial charge in [0.15, 0.2) is 0 Å². The number of benzene rings is 2. The molecule has 122 valence electrons. The molecular weight excluding hydrogens is 325 g/mol. The Morgan fingerprint density at radius 3 is 1.48 bits per heavy atom. The quantitative estimate of drug-likeness (QED) is 0.609. The fourth-order valence-electron chi connectivity index (χ4n) is 4.11. The fraction of sp³-hybridized carbons (Fsp3) is 0.400. The van der Waals surface area contributed by atoms with Gasteiger partial charge in [0.05, 0.1) is 11.1 Å². The topological polar surface area (TPSA) is 21.9 Å². The number of halogens is 2. The van der Waals surface area contributed by atoms with Crippen LogP contribution in [-0.4, -0.2) is 0 Å². The summed E-state index contributed by atoms with van der Waals surface area (Å²) in [6, 6.07) is 16.4. The Morgan fingerprint density at radius 1 is 0.739 bits per heavy atom. The molecule has 0 radical (unpaired) electrons. The van der Waals surface area contributed by atoms with E-state index in [0.29, 0.717) is 0 Å². The van der Waals surface area contributed by atoms with Crippen LogP contribution in [0, 0.1) is 0 Å². The van der Waals surface area contributed by atoms with Crippen LogP contribution in [0.2, 0.25) is 10.0 Å². The molecule has 1 saturated heterocycles. The second-order valence-electron chi connectivity index (χ2n) is 6.40. The van der Waals surface area contributed by atoms with E-state index >= 15 is 0 Å². The molecular formula is C20H23Cl2N. The Labute approximate surface area is 149 Å². The van der Waals surface area contributed by atoms with Gasteiger partial charge in [0.2, 0.25) is 0 Å². The fourth-order valence-corrected chi connectivity index (χ4v) is 4.71. The molecule has 1 fully saturated rings. The lowest BCUT2D eigenvalue weighted by Crippen LogP contribution is -2.23. The Morgan fingerprint density at radius 2 is 1.13 bits per heavy atom. The van der Waals surface area contributed by atoms with Crippen molar-refractivity contribution in [2.45, 2.75) is 50.6 Å². The molecule has 23 heavy (non-hydrogen) atoms. The van der Waals surface area contributed by atoms with E-state index in [1.807, 2.05) is 24.3 Å². The molecule has 3 heteroatoms. The average Bonchev–Trinajstić information content (AvgIpc) is 3.18. The lowest BCUT2D eigenvalue weighted by Gasteiger charge is -2.25. The maximum atomic E-state index is 6.57. The molecule has 0 bridgehead atoms. The zero-order valence-electron chi connectivity index (χ0n) is 13.7. The monoisotopic (exact) mass is 347 g/mol. The van der Waals surface area contributed by atoms with Gasteiger partial charge in [-0.05, 0) is 36.1 Å². The van der Waals surface area contributed by atoms with Crippen molar-refractivity contribution in [3.63, 3.8) is 0 Å². The Kier molecular flexibility index (Phi) is 4.73. The van der Waals surface area contributed by atoms with Gasteiger partial charge in [-0.25, -0.2) is 0 Å². The van der Waals surface area contributed by atoms with Gasteiger partial charge in [-0.15, -0.1) is 0 Å². The third kappa shape index (κ3) is 2.59. The van der Waals surface area contributed by atoms with Crippen LogP contribution in [0.3, 0.4) is 0 Å². The molecule has 1 aliphatic rings. The van der Waals surface area contributed by atoms with Crippen molar-refractivity contribution >= 4 is 23.2 Å². The summed E-state index contributed by atoms with van der Waals surface area (Å²) in [7, 11) is 0. The van der Waals surface area contributed by atoms with Gasteiger partial charge < -0.3 is 0 Å². The normalized spacial score (nSPS) is 26.3. The van der Waals surface area contributed by atoms with E-state index in [1.165, 1.54) is 11.1 Å². The second kappa shape index (κ2) is 6.47. The third-order valence-corrected chi connectivity index (χ3v) is 5.67. The van der Waals surface area contributed by atoms with Crippen molar-refractivity contribution in [3.05, 3.63) is 69.7 Å². The molecule has 0 spiro atoms. The van der Waals surface area contributed by atoms with Crippen LogP contribution < -0.4 is 5.32 Å². The Hall–Kier alpha value is -1.02. The summed E-state index contributed by atoms with van der Waals surface area (Å²) in [6.07, 6.45) is 4.27. The van der Waals surface area contributed by atoms with E-state index in [-0.39, 0.29) is 11.1 Å². The van der Waals surface area contributed by atoms with Crippen molar-refractivity contribution in [1.29, 1.82) is 0 Å². The highest BCUT2D eigenvalue weighted by Crippen LogP contribution is 2.61. The summed E-state index contributed by atoms with van der Waals surface area (Å²) in [5.41, 5.74) is 2.14. The molecule has 0 amide bonds. The van der Waals surface area contributed by atoms with Crippen molar-refractivity contribution in [2.24, 2.45) is 0 Å². The molecule has 1 heterocycles. The van der Waals surface area contributed by atoms with E-state index in [4.69, 9.17) is 23.2 Å². The molecule has 2 atom stereocenters. The summed E-state index contributed by atoms with van der Waals surface area (Å²) in [4.78, 5) is 0. The van der Waals surface area contributed by atoms with Crippen LogP contribution >= 0.6 is 23.2 Å². The molecule has 1 N–H and O–H groups in total. The van der Waals surface area contributed by atoms with Crippen LogP contribution in [0.4, 0.5) is 0 Å². The van der Waals surface area contributed by atoms with Gasteiger partial charge in [-0.3, -0.25) is 5.32 Å². The van der Waals surface area contributed by atoms with E-state index < -0.39 is 0 Å². The highest BCUT2D eigenvalue weighted by molar-refractivity contribution is 6.32. The first-order valence-corrected chi connectivity index (χ1v) is 9.16. The molecule has 0 aliphatic carbocycles. The first kappa shape index (κ1) is 16.8. The molecule has 0 saturated carbocycles. The van der Waals surface area contributed by atoms with E-state index in [2.05, 4.69) is 43.4 Å². The zero-order valence-corrected chi connectivity index (χ0v) is 15.2. The van der Waals surface area contributed by atoms with Crippen LogP contribution in [-0.2, 0) is 11.1 Å². The van der Waals surface area contributed by atoms with E-state index in [1.54, 1.807) is 0 Å². The van der Waals surface area contributed by atoms with Crippen LogP contribution in [0.25, 0.3) is 0 Å². The number of hydrogen-bond acceptors (Lipinski definition) is 1. The molecule has 1 aliphatic heterocycles. The smallest absolute Gasteiger partial charge is 0.0684 e. The van der Waals surface area contributed by atoms with Crippen molar-refractivity contribution in [2.75, 3.05) is 0 Å². The highest BCUT2D eigenvalue weighted by Gasteiger charge is 2.68. The average molecular weight is 348 g/mol. The zero-order chi connectivity index (χ0) is 16.5. The summed E-state index contributed by atoms with van der Waals surface area (Å²) in [5, 5.41) is 5.51. The van der Waals surface area contributed by atoms with Gasteiger partial charge in [-0.1, -0.05) is 86.3 Å². The third-order valence-electron chi connectivity index (χ3n) is 5.01. The Balaban J connectivity index is 2.16. The highest BCUT2D eigenvalue weighted by atomic mass is 35.5. The Bertz CT molecular complexity index is 640. The number of nitrogens with one attached hydrogen (secondary N) is 1. The van der Waals surface area contributed by atoms with Crippen LogP contribution in [0.1, 0.15) is 50.7 Å². The molecule has 2 aromatic rings. The predicted octanol–water partition coefficient (Wildman–Crippen LogP) is 6.29. The largest absolute Gasteiger partial charge is 0.294 e. The van der Waals surface area contributed by atoms with E-state index in [0.717, 1.165) is 35.7 Å². The summed E-state index contributed by atoms with van der Waals surface area (Å²) in [6.45, 7) is 4.45. The van der Waals surface area contributed by atoms with Gasteiger partial charge in [0.1, 0.15) is 0 Å². The van der Waals surface area contributed by atoms with Crippen molar-refractivity contribution < 1.29 is 0 Å². The summed E-state index contributed by atoms with van der Waals surface area (Å²) >= 11 is 13.1. The maximum Gasteiger partial charge on any atom is 0.0684 e. The minimum Gasteiger partial charge on any atom is -0.294 e. The first-order valence-electron chi connectivity index (χ1n) is 8.40. The molecule has 1 nitrogen and oxygen atoms in total. The second-order valence-corrected chi connectivity index (χ2v) is 7.21. The minimum atomic E-state index is -0.124. The van der Waals surface area contributed by atoms with Crippen LogP contribution in [0.15, 0.2) is 48.5 Å². The van der Waals surface area contributed by atoms with Crippen molar-refractivity contribution in [3.8, 4) is 0 Å². The lowest BCUT2D eigenvalue weighted by atomic mass is 9.76. The van der Waals surface area contributed by atoms with Crippen LogP contribution in [0.5, 0.6) is 0 Å². The van der Waals surface area contributed by atoms with E-state index in [9.17, 15) is 0 Å². The summed E-state index contributed by atoms with van der Waals surface area (Å²) in [5.74, 6) is 0.